The Hall–Kier alpha value is -2.08. The Morgan fingerprint density at radius 1 is 1.56 bits per heavy atom. The molecule has 0 fully saturated rings. The lowest BCUT2D eigenvalue weighted by Crippen LogP contribution is -2.16. The predicted molar refractivity (Wildman–Crippen MR) is 67.0 cm³/mol. The van der Waals surface area contributed by atoms with Gasteiger partial charge in [-0.15, -0.1) is 0 Å². The molecule has 94 valence electrons. The lowest BCUT2D eigenvalue weighted by Gasteiger charge is -2.08. The molecule has 5 nitrogen and oxygen atoms in total. The van der Waals surface area contributed by atoms with Gasteiger partial charge in [-0.25, -0.2) is 4.39 Å². The molecule has 0 aliphatic carbocycles. The normalized spacial score (nSPS) is 10.4. The van der Waals surface area contributed by atoms with Gasteiger partial charge in [0.15, 0.2) is 5.82 Å². The maximum absolute atomic E-state index is 13.2. The van der Waals surface area contributed by atoms with Crippen LogP contribution < -0.4 is 11.1 Å². The average molecular weight is 269 g/mol. The summed E-state index contributed by atoms with van der Waals surface area (Å²) in [6.45, 7) is 0. The summed E-state index contributed by atoms with van der Waals surface area (Å²) in [4.78, 5) is 11.9. The van der Waals surface area contributed by atoms with Gasteiger partial charge in [-0.05, 0) is 12.1 Å². The van der Waals surface area contributed by atoms with Crippen LogP contribution in [0.5, 0.6) is 0 Å². The lowest BCUT2D eigenvalue weighted by atomic mass is 10.2. The van der Waals surface area contributed by atoms with E-state index in [0.717, 1.165) is 0 Å². The minimum atomic E-state index is -0.651. The fraction of sp³-hybridized carbons (Fsp3) is 0.0909. The van der Waals surface area contributed by atoms with Crippen molar-refractivity contribution in [2.75, 3.05) is 11.1 Å². The van der Waals surface area contributed by atoms with Crippen LogP contribution in [0.15, 0.2) is 24.4 Å². The van der Waals surface area contributed by atoms with E-state index in [-0.39, 0.29) is 10.6 Å². The van der Waals surface area contributed by atoms with Crippen molar-refractivity contribution in [2.24, 2.45) is 7.05 Å². The van der Waals surface area contributed by atoms with Gasteiger partial charge in [-0.2, -0.15) is 5.10 Å². The SMILES string of the molecule is Cn1ncc(N)c1NC(=O)c1cccc(F)c1Cl. The topological polar surface area (TPSA) is 72.9 Å². The number of amides is 1. The van der Waals surface area contributed by atoms with Crippen LogP contribution in [0.25, 0.3) is 0 Å². The Bertz CT molecular complexity index is 592. The zero-order valence-corrected chi connectivity index (χ0v) is 10.2. The number of hydrogen-bond acceptors (Lipinski definition) is 3. The molecule has 0 bridgehead atoms. The maximum atomic E-state index is 13.2. The number of halogens is 2. The highest BCUT2D eigenvalue weighted by atomic mass is 35.5. The minimum absolute atomic E-state index is 0.0391. The van der Waals surface area contributed by atoms with Crippen LogP contribution >= 0.6 is 11.6 Å². The molecule has 0 unspecified atom stereocenters. The molecule has 0 saturated heterocycles. The third-order valence-corrected chi connectivity index (χ3v) is 2.78. The van der Waals surface area contributed by atoms with Gasteiger partial charge in [0, 0.05) is 7.05 Å². The van der Waals surface area contributed by atoms with E-state index in [9.17, 15) is 9.18 Å². The zero-order chi connectivity index (χ0) is 13.3. The Morgan fingerprint density at radius 2 is 2.28 bits per heavy atom. The van der Waals surface area contributed by atoms with Gasteiger partial charge >= 0.3 is 0 Å². The second-order valence-electron chi connectivity index (χ2n) is 3.63. The Balaban J connectivity index is 2.31. The van der Waals surface area contributed by atoms with Gasteiger partial charge in [0.25, 0.3) is 5.91 Å². The van der Waals surface area contributed by atoms with Gasteiger partial charge < -0.3 is 11.1 Å². The first kappa shape index (κ1) is 12.4. The van der Waals surface area contributed by atoms with Gasteiger partial charge in [0.2, 0.25) is 0 Å². The number of aryl methyl sites for hydroxylation is 1. The summed E-state index contributed by atoms with van der Waals surface area (Å²) in [6.07, 6.45) is 1.41. The van der Waals surface area contributed by atoms with Gasteiger partial charge in [-0.1, -0.05) is 17.7 Å². The number of nitrogen functional groups attached to an aromatic ring is 1. The summed E-state index contributed by atoms with van der Waals surface area (Å²) in [6, 6.07) is 4.01. The average Bonchev–Trinajstić information content (AvgIpc) is 2.64. The summed E-state index contributed by atoms with van der Waals surface area (Å²) in [7, 11) is 1.62. The van der Waals surface area contributed by atoms with Gasteiger partial charge in [0.05, 0.1) is 22.5 Å². The summed E-state index contributed by atoms with van der Waals surface area (Å²) >= 11 is 5.72. The summed E-state index contributed by atoms with van der Waals surface area (Å²) in [5, 5.41) is 6.17. The highest BCUT2D eigenvalue weighted by molar-refractivity contribution is 6.34. The van der Waals surface area contributed by atoms with Crippen molar-refractivity contribution in [1.82, 2.24) is 9.78 Å². The number of carbonyl (C=O) groups excluding carboxylic acids is 1. The molecule has 0 saturated carbocycles. The molecule has 1 aromatic heterocycles. The predicted octanol–water partition coefficient (Wildman–Crippen LogP) is 2.05. The molecule has 2 aromatic rings. The smallest absolute Gasteiger partial charge is 0.258 e. The number of nitrogens with zero attached hydrogens (tertiary/aromatic N) is 2. The molecule has 7 heteroatoms. The first-order valence-corrected chi connectivity index (χ1v) is 5.41. The van der Waals surface area contributed by atoms with Crippen LogP contribution in [0.4, 0.5) is 15.9 Å². The molecular weight excluding hydrogens is 259 g/mol. The van der Waals surface area contributed by atoms with Crippen molar-refractivity contribution in [3.63, 3.8) is 0 Å². The lowest BCUT2D eigenvalue weighted by molar-refractivity contribution is 0.102. The molecular formula is C11H10ClFN4O. The number of nitrogens with one attached hydrogen (secondary N) is 1. The monoisotopic (exact) mass is 268 g/mol. The third kappa shape index (κ3) is 2.14. The largest absolute Gasteiger partial charge is 0.394 e. The Kier molecular flexibility index (Phi) is 3.20. The highest BCUT2D eigenvalue weighted by Crippen LogP contribution is 2.22. The molecule has 2 rings (SSSR count). The molecule has 18 heavy (non-hydrogen) atoms. The van der Waals surface area contributed by atoms with E-state index in [0.29, 0.717) is 11.5 Å². The fourth-order valence-corrected chi connectivity index (χ4v) is 1.67. The Labute approximate surface area is 107 Å². The number of rotatable bonds is 2. The van der Waals surface area contributed by atoms with Crippen LogP contribution in [0, 0.1) is 5.82 Å². The molecule has 1 aromatic carbocycles. The third-order valence-electron chi connectivity index (χ3n) is 2.40. The standard InChI is InChI=1S/C11H10ClFN4O/c1-17-10(8(14)5-15-17)16-11(18)6-3-2-4-7(13)9(6)12/h2-5H,14H2,1H3,(H,16,18). The van der Waals surface area contributed by atoms with E-state index in [4.69, 9.17) is 17.3 Å². The van der Waals surface area contributed by atoms with Crippen molar-refractivity contribution in [2.45, 2.75) is 0 Å². The molecule has 0 aliphatic rings. The van der Waals surface area contributed by atoms with Crippen molar-refractivity contribution >= 4 is 29.0 Å². The van der Waals surface area contributed by atoms with Crippen LogP contribution in [0.1, 0.15) is 10.4 Å². The van der Waals surface area contributed by atoms with Crippen LogP contribution in [0.2, 0.25) is 5.02 Å². The van der Waals surface area contributed by atoms with Crippen molar-refractivity contribution in [3.8, 4) is 0 Å². The quantitative estimate of drug-likeness (QED) is 0.875. The first-order valence-electron chi connectivity index (χ1n) is 5.03. The molecule has 0 aliphatic heterocycles. The summed E-state index contributed by atoms with van der Waals surface area (Å²) in [5.41, 5.74) is 5.99. The number of aromatic nitrogens is 2. The van der Waals surface area contributed by atoms with Crippen molar-refractivity contribution in [3.05, 3.63) is 40.8 Å². The highest BCUT2D eigenvalue weighted by Gasteiger charge is 2.16. The first-order chi connectivity index (χ1) is 8.50. The molecule has 1 heterocycles. The number of nitrogens with two attached hydrogens (primary N) is 1. The number of benzene rings is 1. The number of hydrogen-bond donors (Lipinski definition) is 2. The van der Waals surface area contributed by atoms with Crippen LogP contribution in [-0.2, 0) is 7.05 Å². The van der Waals surface area contributed by atoms with Crippen LogP contribution in [0.3, 0.4) is 0 Å². The second-order valence-corrected chi connectivity index (χ2v) is 4.01. The number of carbonyl (C=O) groups is 1. The van der Waals surface area contributed by atoms with E-state index in [1.165, 1.54) is 29.1 Å². The second kappa shape index (κ2) is 4.66. The van der Waals surface area contributed by atoms with E-state index >= 15 is 0 Å². The maximum Gasteiger partial charge on any atom is 0.258 e. The Morgan fingerprint density at radius 3 is 2.89 bits per heavy atom. The van der Waals surface area contributed by atoms with Crippen molar-refractivity contribution in [1.29, 1.82) is 0 Å². The van der Waals surface area contributed by atoms with Crippen LogP contribution in [-0.4, -0.2) is 15.7 Å². The van der Waals surface area contributed by atoms with Gasteiger partial charge in [-0.3, -0.25) is 9.48 Å². The van der Waals surface area contributed by atoms with E-state index in [2.05, 4.69) is 10.4 Å². The molecule has 1 amide bonds. The van der Waals surface area contributed by atoms with Gasteiger partial charge in [0.1, 0.15) is 5.82 Å². The zero-order valence-electron chi connectivity index (χ0n) is 9.45. The van der Waals surface area contributed by atoms with Crippen molar-refractivity contribution < 1.29 is 9.18 Å². The summed E-state index contributed by atoms with van der Waals surface area (Å²) in [5.74, 6) is -0.863. The molecule has 3 N–H and O–H groups in total. The molecule has 0 spiro atoms. The fourth-order valence-electron chi connectivity index (χ4n) is 1.46. The minimum Gasteiger partial charge on any atom is -0.394 e. The summed E-state index contributed by atoms with van der Waals surface area (Å²) < 4.78 is 14.6. The van der Waals surface area contributed by atoms with E-state index in [1.54, 1.807) is 7.05 Å². The number of anilines is 2. The van der Waals surface area contributed by atoms with E-state index in [1.807, 2.05) is 0 Å². The molecule has 0 radical (unpaired) electrons. The van der Waals surface area contributed by atoms with E-state index < -0.39 is 11.7 Å². The molecule has 0 atom stereocenters.